The molecule has 0 aliphatic carbocycles. The van der Waals surface area contributed by atoms with Crippen LogP contribution in [0.1, 0.15) is 36.2 Å². The highest BCUT2D eigenvalue weighted by atomic mass is 16.1. The second kappa shape index (κ2) is 6.93. The number of benzene rings is 2. The second-order valence-corrected chi connectivity index (χ2v) is 5.35. The lowest BCUT2D eigenvalue weighted by atomic mass is 10.1. The van der Waals surface area contributed by atoms with Crippen LogP contribution in [-0.4, -0.2) is 11.9 Å². The topological polar surface area (TPSA) is 41.1 Å². The summed E-state index contributed by atoms with van der Waals surface area (Å²) in [6, 6.07) is 15.8. The Labute approximate surface area is 126 Å². The van der Waals surface area contributed by atoms with Gasteiger partial charge in [0.1, 0.15) is 0 Å². The third-order valence-corrected chi connectivity index (χ3v) is 3.48. The van der Waals surface area contributed by atoms with Crippen LogP contribution in [0.4, 0.5) is 11.4 Å². The van der Waals surface area contributed by atoms with Gasteiger partial charge >= 0.3 is 0 Å². The van der Waals surface area contributed by atoms with Gasteiger partial charge in [0.2, 0.25) is 0 Å². The zero-order valence-corrected chi connectivity index (χ0v) is 12.8. The standard InChI is InChI=1S/C18H22N2O/c1-4-14(3)19-16-9-11-17(12-10-16)20-18(21)15-7-5-13(2)6-8-15/h5-12,14,19H,4H2,1-3H3,(H,20,21). The first kappa shape index (κ1) is 15.1. The van der Waals surface area contributed by atoms with Gasteiger partial charge in [0.05, 0.1) is 0 Å². The molecule has 3 heteroatoms. The van der Waals surface area contributed by atoms with E-state index in [-0.39, 0.29) is 5.91 Å². The van der Waals surface area contributed by atoms with Crippen molar-refractivity contribution in [1.29, 1.82) is 0 Å². The number of hydrogen-bond donors (Lipinski definition) is 2. The number of amides is 1. The van der Waals surface area contributed by atoms with Crippen LogP contribution in [0.15, 0.2) is 48.5 Å². The number of nitrogens with one attached hydrogen (secondary N) is 2. The summed E-state index contributed by atoms with van der Waals surface area (Å²) in [5.74, 6) is -0.0855. The van der Waals surface area contributed by atoms with E-state index in [0.717, 1.165) is 23.4 Å². The maximum atomic E-state index is 12.1. The van der Waals surface area contributed by atoms with Crippen LogP contribution in [0.2, 0.25) is 0 Å². The molecule has 0 saturated carbocycles. The van der Waals surface area contributed by atoms with Crippen molar-refractivity contribution < 1.29 is 4.79 Å². The highest BCUT2D eigenvalue weighted by Crippen LogP contribution is 2.16. The number of carbonyl (C=O) groups is 1. The molecule has 0 aliphatic rings. The minimum Gasteiger partial charge on any atom is -0.383 e. The van der Waals surface area contributed by atoms with Gasteiger partial charge in [0, 0.05) is 23.0 Å². The second-order valence-electron chi connectivity index (χ2n) is 5.35. The van der Waals surface area contributed by atoms with Crippen molar-refractivity contribution in [3.8, 4) is 0 Å². The SMILES string of the molecule is CCC(C)Nc1ccc(NC(=O)c2ccc(C)cc2)cc1. The molecular weight excluding hydrogens is 260 g/mol. The Morgan fingerprint density at radius 1 is 1.00 bits per heavy atom. The van der Waals surface area contributed by atoms with E-state index in [1.807, 2.05) is 55.5 Å². The molecule has 2 rings (SSSR count). The first-order chi connectivity index (χ1) is 10.1. The molecule has 0 spiro atoms. The molecule has 2 aromatic rings. The third kappa shape index (κ3) is 4.35. The van der Waals surface area contributed by atoms with Crippen molar-refractivity contribution in [1.82, 2.24) is 0 Å². The Morgan fingerprint density at radius 2 is 1.57 bits per heavy atom. The van der Waals surface area contributed by atoms with Crippen LogP contribution in [0, 0.1) is 6.92 Å². The van der Waals surface area contributed by atoms with Gasteiger partial charge < -0.3 is 10.6 Å². The number of carbonyl (C=O) groups excluding carboxylic acids is 1. The van der Waals surface area contributed by atoms with Crippen molar-refractivity contribution in [2.24, 2.45) is 0 Å². The van der Waals surface area contributed by atoms with E-state index in [1.54, 1.807) is 0 Å². The van der Waals surface area contributed by atoms with E-state index < -0.39 is 0 Å². The van der Waals surface area contributed by atoms with Crippen LogP contribution in [0.25, 0.3) is 0 Å². The van der Waals surface area contributed by atoms with Crippen molar-refractivity contribution in [3.05, 3.63) is 59.7 Å². The van der Waals surface area contributed by atoms with Gasteiger partial charge in [-0.2, -0.15) is 0 Å². The van der Waals surface area contributed by atoms with Crippen LogP contribution in [0.3, 0.4) is 0 Å². The van der Waals surface area contributed by atoms with Crippen molar-refractivity contribution in [2.45, 2.75) is 33.2 Å². The molecule has 1 unspecified atom stereocenters. The van der Waals surface area contributed by atoms with Gasteiger partial charge in [-0.05, 0) is 56.7 Å². The maximum absolute atomic E-state index is 12.1. The zero-order valence-electron chi connectivity index (χ0n) is 12.8. The lowest BCUT2D eigenvalue weighted by Gasteiger charge is -2.13. The molecule has 2 aromatic carbocycles. The summed E-state index contributed by atoms with van der Waals surface area (Å²) in [5.41, 5.74) is 3.68. The average Bonchev–Trinajstić information content (AvgIpc) is 2.49. The van der Waals surface area contributed by atoms with Gasteiger partial charge in [0.25, 0.3) is 5.91 Å². The van der Waals surface area contributed by atoms with E-state index >= 15 is 0 Å². The third-order valence-electron chi connectivity index (χ3n) is 3.48. The van der Waals surface area contributed by atoms with Crippen LogP contribution >= 0.6 is 0 Å². The Hall–Kier alpha value is -2.29. The number of rotatable bonds is 5. The monoisotopic (exact) mass is 282 g/mol. The fraction of sp³-hybridized carbons (Fsp3) is 0.278. The molecule has 0 radical (unpaired) electrons. The Balaban J connectivity index is 1.99. The lowest BCUT2D eigenvalue weighted by Crippen LogP contribution is -2.14. The predicted octanol–water partition coefficient (Wildman–Crippen LogP) is 4.46. The van der Waals surface area contributed by atoms with Crippen LogP contribution < -0.4 is 10.6 Å². The van der Waals surface area contributed by atoms with E-state index in [0.29, 0.717) is 11.6 Å². The summed E-state index contributed by atoms with van der Waals surface area (Å²) >= 11 is 0. The molecule has 2 N–H and O–H groups in total. The van der Waals surface area contributed by atoms with Gasteiger partial charge in [-0.15, -0.1) is 0 Å². The molecule has 110 valence electrons. The Bertz CT molecular complexity index is 588. The quantitative estimate of drug-likeness (QED) is 0.850. The van der Waals surface area contributed by atoms with Gasteiger partial charge in [-0.3, -0.25) is 4.79 Å². The minimum absolute atomic E-state index is 0.0855. The highest BCUT2D eigenvalue weighted by molar-refractivity contribution is 6.04. The molecule has 0 heterocycles. The first-order valence-electron chi connectivity index (χ1n) is 7.33. The fourth-order valence-electron chi connectivity index (χ4n) is 1.94. The number of aryl methyl sites for hydroxylation is 1. The maximum Gasteiger partial charge on any atom is 0.255 e. The summed E-state index contributed by atoms with van der Waals surface area (Å²) in [6.45, 7) is 6.30. The molecule has 0 bridgehead atoms. The molecule has 1 atom stereocenters. The molecule has 0 fully saturated rings. The summed E-state index contributed by atoms with van der Waals surface area (Å²) in [4.78, 5) is 12.1. The van der Waals surface area contributed by atoms with Gasteiger partial charge in [-0.25, -0.2) is 0 Å². The highest BCUT2D eigenvalue weighted by Gasteiger charge is 2.05. The largest absolute Gasteiger partial charge is 0.383 e. The first-order valence-corrected chi connectivity index (χ1v) is 7.33. The van der Waals surface area contributed by atoms with Crippen molar-refractivity contribution >= 4 is 17.3 Å². The summed E-state index contributed by atoms with van der Waals surface area (Å²) in [7, 11) is 0. The molecule has 0 aliphatic heterocycles. The van der Waals surface area contributed by atoms with Gasteiger partial charge in [-0.1, -0.05) is 24.6 Å². The van der Waals surface area contributed by atoms with E-state index in [9.17, 15) is 4.79 Å². The minimum atomic E-state index is -0.0855. The molecule has 0 saturated heterocycles. The van der Waals surface area contributed by atoms with Crippen LogP contribution in [0.5, 0.6) is 0 Å². The lowest BCUT2D eigenvalue weighted by molar-refractivity contribution is 0.102. The fourth-order valence-corrected chi connectivity index (χ4v) is 1.94. The van der Waals surface area contributed by atoms with E-state index in [2.05, 4.69) is 24.5 Å². The predicted molar refractivity (Wildman–Crippen MR) is 88.9 cm³/mol. The summed E-state index contributed by atoms with van der Waals surface area (Å²) < 4.78 is 0. The van der Waals surface area contributed by atoms with E-state index in [1.165, 1.54) is 0 Å². The van der Waals surface area contributed by atoms with Crippen LogP contribution in [-0.2, 0) is 0 Å². The van der Waals surface area contributed by atoms with Crippen molar-refractivity contribution in [2.75, 3.05) is 10.6 Å². The smallest absolute Gasteiger partial charge is 0.255 e. The normalized spacial score (nSPS) is 11.8. The average molecular weight is 282 g/mol. The molecule has 21 heavy (non-hydrogen) atoms. The van der Waals surface area contributed by atoms with E-state index in [4.69, 9.17) is 0 Å². The molecular formula is C18H22N2O. The van der Waals surface area contributed by atoms with Crippen molar-refractivity contribution in [3.63, 3.8) is 0 Å². The van der Waals surface area contributed by atoms with Gasteiger partial charge in [0.15, 0.2) is 0 Å². The number of anilines is 2. The Morgan fingerprint density at radius 3 is 2.14 bits per heavy atom. The summed E-state index contributed by atoms with van der Waals surface area (Å²) in [6.07, 6.45) is 1.08. The zero-order chi connectivity index (χ0) is 15.2. The summed E-state index contributed by atoms with van der Waals surface area (Å²) in [5, 5.41) is 6.30. The Kier molecular flexibility index (Phi) is 4.99. The molecule has 0 aromatic heterocycles. The number of hydrogen-bond acceptors (Lipinski definition) is 2. The molecule has 1 amide bonds. The molecule has 3 nitrogen and oxygen atoms in total.